The van der Waals surface area contributed by atoms with E-state index in [1.165, 1.54) is 16.7 Å². The van der Waals surface area contributed by atoms with E-state index in [0.717, 1.165) is 19.3 Å². The summed E-state index contributed by atoms with van der Waals surface area (Å²) in [4.78, 5) is 25.0. The van der Waals surface area contributed by atoms with Gasteiger partial charge < -0.3 is 15.3 Å². The minimum atomic E-state index is -0.917. The second kappa shape index (κ2) is 5.71. The molecule has 2 N–H and O–H groups in total. The summed E-state index contributed by atoms with van der Waals surface area (Å²) in [5.41, 5.74) is 0.400. The first kappa shape index (κ1) is 16.5. The molecule has 2 fully saturated rings. The third-order valence-corrected chi connectivity index (χ3v) is 5.32. The number of carboxylic acids is 1. The normalized spacial score (nSPS) is 28.4. The molecule has 2 aliphatic rings. The molecule has 2 rings (SSSR count). The molecule has 0 aromatic heterocycles. The van der Waals surface area contributed by atoms with Crippen molar-refractivity contribution in [2.45, 2.75) is 59.0 Å². The second-order valence-electron chi connectivity index (χ2n) is 7.88. The van der Waals surface area contributed by atoms with E-state index in [9.17, 15) is 9.59 Å². The number of carbonyl (C=O) groups excluding carboxylic acids is 1. The van der Waals surface area contributed by atoms with Gasteiger partial charge in [-0.3, -0.25) is 0 Å². The fourth-order valence-corrected chi connectivity index (χ4v) is 5.20. The highest BCUT2D eigenvalue weighted by Gasteiger charge is 2.41. The molecule has 1 aliphatic heterocycles. The zero-order chi connectivity index (χ0) is 15.8. The van der Waals surface area contributed by atoms with E-state index < -0.39 is 12.0 Å². The van der Waals surface area contributed by atoms with Crippen LogP contribution in [0, 0.1) is 10.8 Å². The van der Waals surface area contributed by atoms with Gasteiger partial charge in [-0.05, 0) is 30.1 Å². The van der Waals surface area contributed by atoms with Crippen LogP contribution in [0.25, 0.3) is 0 Å². The van der Waals surface area contributed by atoms with Crippen molar-refractivity contribution in [3.8, 4) is 0 Å². The average molecular weight is 314 g/mol. The lowest BCUT2D eigenvalue weighted by Crippen LogP contribution is -2.52. The Morgan fingerprint density at radius 3 is 2.29 bits per heavy atom. The highest BCUT2D eigenvalue weighted by atomic mass is 32.2. The van der Waals surface area contributed by atoms with Gasteiger partial charge in [-0.2, -0.15) is 0 Å². The molecule has 0 spiro atoms. The smallest absolute Gasteiger partial charge is 0.327 e. The number of carbonyl (C=O) groups is 2. The number of amides is 2. The molecule has 1 saturated heterocycles. The van der Waals surface area contributed by atoms with Crippen LogP contribution in [0.2, 0.25) is 0 Å². The molecule has 1 saturated carbocycles. The lowest BCUT2D eigenvalue weighted by Gasteiger charge is -2.45. The molecule has 120 valence electrons. The Labute approximate surface area is 130 Å². The Kier molecular flexibility index (Phi) is 4.47. The molecule has 0 unspecified atom stereocenters. The van der Waals surface area contributed by atoms with Crippen LogP contribution in [0.4, 0.5) is 4.79 Å². The summed E-state index contributed by atoms with van der Waals surface area (Å²) in [6.45, 7) is 8.94. The minimum absolute atomic E-state index is 0.122. The van der Waals surface area contributed by atoms with Crippen molar-refractivity contribution in [3.63, 3.8) is 0 Å². The summed E-state index contributed by atoms with van der Waals surface area (Å²) in [5, 5.41) is 12.2. The maximum atomic E-state index is 12.4. The van der Waals surface area contributed by atoms with Gasteiger partial charge in [0.15, 0.2) is 0 Å². The molecule has 0 aromatic carbocycles. The number of hydrogen-bond donors (Lipinski definition) is 2. The number of thioether (sulfide) groups is 1. The molecule has 2 amide bonds. The number of nitrogens with one attached hydrogen (secondary N) is 1. The number of nitrogens with zero attached hydrogens (tertiary/aromatic N) is 1. The van der Waals surface area contributed by atoms with E-state index in [4.69, 9.17) is 5.11 Å². The van der Waals surface area contributed by atoms with Gasteiger partial charge in [0.05, 0.1) is 5.88 Å². The number of aliphatic carboxylic acids is 1. The van der Waals surface area contributed by atoms with E-state index in [1.54, 1.807) is 0 Å². The van der Waals surface area contributed by atoms with Crippen molar-refractivity contribution >= 4 is 23.8 Å². The predicted molar refractivity (Wildman–Crippen MR) is 84.3 cm³/mol. The van der Waals surface area contributed by atoms with Crippen LogP contribution < -0.4 is 5.32 Å². The minimum Gasteiger partial charge on any atom is -0.480 e. The molecule has 1 atom stereocenters. The monoisotopic (exact) mass is 314 g/mol. The van der Waals surface area contributed by atoms with Crippen molar-refractivity contribution in [1.82, 2.24) is 10.2 Å². The van der Waals surface area contributed by atoms with Gasteiger partial charge in [0.2, 0.25) is 0 Å². The predicted octanol–water partition coefficient (Wildman–Crippen LogP) is 2.76. The number of hydrogen-bond acceptors (Lipinski definition) is 3. The molecule has 6 heteroatoms. The molecular weight excluding hydrogens is 288 g/mol. The van der Waals surface area contributed by atoms with E-state index in [1.807, 2.05) is 0 Å². The van der Waals surface area contributed by atoms with Crippen LogP contribution in [-0.4, -0.2) is 45.7 Å². The maximum Gasteiger partial charge on any atom is 0.327 e. The molecular formula is C15H26N2O3S. The Balaban J connectivity index is 2.00. The molecule has 5 nitrogen and oxygen atoms in total. The SMILES string of the molecule is CC1(C)CC(NC(=O)N2CSC[C@H]2C(=O)O)CC(C)(C)C1. The van der Waals surface area contributed by atoms with Gasteiger partial charge in [-0.15, -0.1) is 11.8 Å². The molecule has 0 bridgehead atoms. The van der Waals surface area contributed by atoms with Crippen LogP contribution in [0.5, 0.6) is 0 Å². The first-order valence-corrected chi connectivity index (χ1v) is 8.63. The summed E-state index contributed by atoms with van der Waals surface area (Å²) in [6, 6.07) is -0.804. The topological polar surface area (TPSA) is 69.6 Å². The maximum absolute atomic E-state index is 12.4. The number of urea groups is 1. The van der Waals surface area contributed by atoms with E-state index in [-0.39, 0.29) is 22.9 Å². The summed E-state index contributed by atoms with van der Waals surface area (Å²) in [6.07, 6.45) is 3.03. The summed E-state index contributed by atoms with van der Waals surface area (Å²) in [5.74, 6) is 0.0200. The standard InChI is InChI=1S/C15H26N2O3S/c1-14(2)5-10(6-15(3,4)8-14)16-13(20)17-9-21-7-11(17)12(18)19/h10-11H,5-9H2,1-4H3,(H,16,20)(H,18,19)/t11-/m0/s1. The highest BCUT2D eigenvalue weighted by Crippen LogP contribution is 2.45. The Bertz CT molecular complexity index is 421. The molecule has 1 aliphatic carbocycles. The van der Waals surface area contributed by atoms with Gasteiger partial charge in [0, 0.05) is 11.8 Å². The van der Waals surface area contributed by atoms with Crippen molar-refractivity contribution < 1.29 is 14.7 Å². The van der Waals surface area contributed by atoms with Gasteiger partial charge in [0.1, 0.15) is 6.04 Å². The lowest BCUT2D eigenvalue weighted by molar-refractivity contribution is -0.140. The highest BCUT2D eigenvalue weighted by molar-refractivity contribution is 7.99. The summed E-state index contributed by atoms with van der Waals surface area (Å²) in [7, 11) is 0. The third-order valence-electron chi connectivity index (χ3n) is 4.31. The summed E-state index contributed by atoms with van der Waals surface area (Å²) < 4.78 is 0. The van der Waals surface area contributed by atoms with Crippen molar-refractivity contribution in [1.29, 1.82) is 0 Å². The van der Waals surface area contributed by atoms with Crippen LogP contribution in [-0.2, 0) is 4.79 Å². The van der Waals surface area contributed by atoms with Crippen molar-refractivity contribution in [2.75, 3.05) is 11.6 Å². The molecule has 0 radical (unpaired) electrons. The van der Waals surface area contributed by atoms with Crippen LogP contribution in [0.3, 0.4) is 0 Å². The average Bonchev–Trinajstić information content (AvgIpc) is 2.72. The second-order valence-corrected chi connectivity index (χ2v) is 8.88. The quantitative estimate of drug-likeness (QED) is 0.822. The van der Waals surface area contributed by atoms with E-state index in [2.05, 4.69) is 33.0 Å². The largest absolute Gasteiger partial charge is 0.480 e. The van der Waals surface area contributed by atoms with Crippen molar-refractivity contribution in [2.24, 2.45) is 10.8 Å². The summed E-state index contributed by atoms with van der Waals surface area (Å²) >= 11 is 1.49. The zero-order valence-corrected chi connectivity index (χ0v) is 14.1. The zero-order valence-electron chi connectivity index (χ0n) is 13.3. The van der Waals surface area contributed by atoms with Gasteiger partial charge >= 0.3 is 12.0 Å². The molecule has 1 heterocycles. The van der Waals surface area contributed by atoms with E-state index in [0.29, 0.717) is 11.6 Å². The van der Waals surface area contributed by atoms with Crippen molar-refractivity contribution in [3.05, 3.63) is 0 Å². The molecule has 0 aromatic rings. The Hall–Kier alpha value is -0.910. The van der Waals surface area contributed by atoms with Gasteiger partial charge in [0.25, 0.3) is 0 Å². The fourth-order valence-electron chi connectivity index (χ4n) is 4.05. The first-order chi connectivity index (χ1) is 9.60. The van der Waals surface area contributed by atoms with Gasteiger partial charge in [-0.25, -0.2) is 9.59 Å². The lowest BCUT2D eigenvalue weighted by atomic mass is 9.63. The molecule has 21 heavy (non-hydrogen) atoms. The number of rotatable bonds is 2. The first-order valence-electron chi connectivity index (χ1n) is 7.47. The van der Waals surface area contributed by atoms with Crippen LogP contribution in [0.15, 0.2) is 0 Å². The van der Waals surface area contributed by atoms with Crippen LogP contribution in [0.1, 0.15) is 47.0 Å². The Morgan fingerprint density at radius 1 is 1.19 bits per heavy atom. The Morgan fingerprint density at radius 2 is 1.76 bits per heavy atom. The number of carboxylic acid groups (broad SMARTS) is 1. The van der Waals surface area contributed by atoms with E-state index >= 15 is 0 Å². The van der Waals surface area contributed by atoms with Crippen LogP contribution >= 0.6 is 11.8 Å². The fraction of sp³-hybridized carbons (Fsp3) is 0.867. The van der Waals surface area contributed by atoms with Gasteiger partial charge in [-0.1, -0.05) is 27.7 Å². The third kappa shape index (κ3) is 4.05.